The van der Waals surface area contributed by atoms with Crippen LogP contribution in [0.25, 0.3) is 0 Å². The van der Waals surface area contributed by atoms with Crippen molar-refractivity contribution in [3.63, 3.8) is 0 Å². The summed E-state index contributed by atoms with van der Waals surface area (Å²) in [5.74, 6) is 0.913. The van der Waals surface area contributed by atoms with Crippen LogP contribution in [0.5, 0.6) is 0 Å². The molecule has 2 bridgehead atoms. The van der Waals surface area contributed by atoms with Crippen LogP contribution in [0.4, 0.5) is 0 Å². The summed E-state index contributed by atoms with van der Waals surface area (Å²) in [6, 6.07) is 0. The van der Waals surface area contributed by atoms with E-state index in [0.717, 1.165) is 44.0 Å². The maximum absolute atomic E-state index is 6.38. The molecule has 0 N–H and O–H groups in total. The van der Waals surface area contributed by atoms with Crippen LogP contribution in [-0.4, -0.2) is 35.9 Å². The lowest BCUT2D eigenvalue weighted by Crippen LogP contribution is -2.70. The van der Waals surface area contributed by atoms with Crippen molar-refractivity contribution in [3.05, 3.63) is 0 Å². The van der Waals surface area contributed by atoms with E-state index in [-0.39, 0.29) is 12.2 Å². The van der Waals surface area contributed by atoms with Crippen LogP contribution in [0, 0.1) is 23.7 Å². The molecule has 144 valence electrons. The van der Waals surface area contributed by atoms with Crippen molar-refractivity contribution >= 4 is 15.9 Å². The van der Waals surface area contributed by atoms with Crippen molar-refractivity contribution in [1.82, 2.24) is 0 Å². The average molecular weight is 419 g/mol. The van der Waals surface area contributed by atoms with Crippen LogP contribution in [0.3, 0.4) is 0 Å². The molecule has 1 unspecified atom stereocenters. The van der Waals surface area contributed by atoms with E-state index < -0.39 is 17.7 Å². The molecular weight excluding hydrogens is 388 g/mol. The van der Waals surface area contributed by atoms with Crippen molar-refractivity contribution in [2.75, 3.05) is 11.9 Å². The van der Waals surface area contributed by atoms with E-state index in [1.807, 2.05) is 6.92 Å². The standard InChI is InChI=1S/C19H31BrO5/c1-12-6-7-15-13(2)16(21-11-5-4-10-20)22-17-19(15)14(12)8-9-18(3,23-17)24-25-19/h12-17H,4-11H2,1-3H3/t12-,13-,14?,15+,16+,17-,18-,19-/m1/s1. The van der Waals surface area contributed by atoms with Gasteiger partial charge in [0.05, 0.1) is 0 Å². The van der Waals surface area contributed by atoms with Crippen LogP contribution in [-0.2, 0) is 24.0 Å². The quantitative estimate of drug-likeness (QED) is 0.376. The first-order chi connectivity index (χ1) is 12.0. The predicted molar refractivity (Wildman–Crippen MR) is 95.8 cm³/mol. The van der Waals surface area contributed by atoms with Gasteiger partial charge in [0.25, 0.3) is 0 Å². The summed E-state index contributed by atoms with van der Waals surface area (Å²) in [4.78, 5) is 12.0. The summed E-state index contributed by atoms with van der Waals surface area (Å²) in [6.45, 7) is 7.26. The second kappa shape index (κ2) is 7.02. The third kappa shape index (κ3) is 3.01. The lowest BCUT2D eigenvalue weighted by Gasteiger charge is -2.60. The van der Waals surface area contributed by atoms with Crippen LogP contribution in [0.2, 0.25) is 0 Å². The van der Waals surface area contributed by atoms with Gasteiger partial charge >= 0.3 is 0 Å². The molecule has 1 aliphatic carbocycles. The molecule has 4 heterocycles. The molecule has 5 aliphatic rings. The topological polar surface area (TPSA) is 46.2 Å². The molecule has 5 rings (SSSR count). The Labute approximate surface area is 159 Å². The molecule has 1 saturated carbocycles. The zero-order valence-electron chi connectivity index (χ0n) is 15.5. The Hall–Kier alpha value is 0.280. The van der Waals surface area contributed by atoms with Crippen LogP contribution >= 0.6 is 15.9 Å². The van der Waals surface area contributed by atoms with E-state index in [1.54, 1.807) is 0 Å². The summed E-state index contributed by atoms with van der Waals surface area (Å²) >= 11 is 3.47. The van der Waals surface area contributed by atoms with Crippen molar-refractivity contribution < 1.29 is 24.0 Å². The van der Waals surface area contributed by atoms with Crippen LogP contribution in [0.1, 0.15) is 59.3 Å². The summed E-state index contributed by atoms with van der Waals surface area (Å²) < 4.78 is 18.8. The number of rotatable bonds is 5. The molecule has 0 aromatic carbocycles. The van der Waals surface area contributed by atoms with E-state index in [9.17, 15) is 0 Å². The Morgan fingerprint density at radius 2 is 1.92 bits per heavy atom. The molecule has 0 aromatic rings. The maximum atomic E-state index is 6.38. The molecule has 5 nitrogen and oxygen atoms in total. The van der Waals surface area contributed by atoms with Crippen molar-refractivity contribution in [3.8, 4) is 0 Å². The molecule has 5 fully saturated rings. The fraction of sp³-hybridized carbons (Fsp3) is 1.00. The van der Waals surface area contributed by atoms with Crippen molar-refractivity contribution in [2.24, 2.45) is 23.7 Å². The highest BCUT2D eigenvalue weighted by atomic mass is 79.9. The molecule has 1 spiro atoms. The molecule has 0 amide bonds. The SMILES string of the molecule is C[C@H]1[C@@H](OCCCCBr)O[C@@H]2O[C@@]3(C)CCC4[C@H](C)CC[C@@H]1[C@]42OO3. The molecule has 8 atom stereocenters. The highest BCUT2D eigenvalue weighted by molar-refractivity contribution is 9.09. The first-order valence-corrected chi connectivity index (χ1v) is 11.0. The number of unbranched alkanes of at least 4 members (excludes halogenated alkanes) is 1. The number of halogens is 1. The third-order valence-corrected chi connectivity index (χ3v) is 7.47. The molecule has 25 heavy (non-hydrogen) atoms. The summed E-state index contributed by atoms with van der Waals surface area (Å²) in [5.41, 5.74) is -0.483. The molecule has 4 saturated heterocycles. The van der Waals surface area contributed by atoms with Gasteiger partial charge in [-0.2, -0.15) is 0 Å². The van der Waals surface area contributed by atoms with E-state index >= 15 is 0 Å². The first-order valence-electron chi connectivity index (χ1n) is 9.88. The van der Waals surface area contributed by atoms with Gasteiger partial charge in [0, 0.05) is 30.2 Å². The number of hydrogen-bond acceptors (Lipinski definition) is 5. The van der Waals surface area contributed by atoms with Gasteiger partial charge < -0.3 is 14.2 Å². The fourth-order valence-corrected chi connectivity index (χ4v) is 5.86. The van der Waals surface area contributed by atoms with Gasteiger partial charge in [0.1, 0.15) is 0 Å². The van der Waals surface area contributed by atoms with Gasteiger partial charge in [-0.3, -0.25) is 0 Å². The lowest BCUT2D eigenvalue weighted by atomic mass is 9.58. The third-order valence-electron chi connectivity index (χ3n) is 6.91. The molecule has 0 aromatic heterocycles. The smallest absolute Gasteiger partial charge is 0.201 e. The Morgan fingerprint density at radius 3 is 2.72 bits per heavy atom. The monoisotopic (exact) mass is 418 g/mol. The number of hydrogen-bond donors (Lipinski definition) is 0. The minimum atomic E-state index is -0.710. The van der Waals surface area contributed by atoms with Gasteiger partial charge in [0.2, 0.25) is 5.79 Å². The Balaban J connectivity index is 1.58. The van der Waals surface area contributed by atoms with E-state index in [4.69, 9.17) is 24.0 Å². The highest BCUT2D eigenvalue weighted by Crippen LogP contribution is 2.60. The first kappa shape index (κ1) is 18.6. The second-order valence-electron chi connectivity index (χ2n) is 8.54. The Bertz CT molecular complexity index is 490. The van der Waals surface area contributed by atoms with Gasteiger partial charge in [0.15, 0.2) is 18.2 Å². The van der Waals surface area contributed by atoms with E-state index in [2.05, 4.69) is 29.8 Å². The van der Waals surface area contributed by atoms with Gasteiger partial charge in [-0.05, 0) is 50.9 Å². The fourth-order valence-electron chi connectivity index (χ4n) is 5.46. The Morgan fingerprint density at radius 1 is 1.08 bits per heavy atom. The summed E-state index contributed by atoms with van der Waals surface area (Å²) in [6.07, 6.45) is 5.78. The normalized spacial score (nSPS) is 51.8. The predicted octanol–water partition coefficient (Wildman–Crippen LogP) is 4.39. The second-order valence-corrected chi connectivity index (χ2v) is 9.33. The maximum Gasteiger partial charge on any atom is 0.201 e. The van der Waals surface area contributed by atoms with Crippen molar-refractivity contribution in [2.45, 2.75) is 83.3 Å². The van der Waals surface area contributed by atoms with Crippen molar-refractivity contribution in [1.29, 1.82) is 0 Å². The van der Waals surface area contributed by atoms with Crippen LogP contribution < -0.4 is 0 Å². The van der Waals surface area contributed by atoms with Crippen LogP contribution in [0.15, 0.2) is 0 Å². The zero-order chi connectivity index (χ0) is 17.7. The number of alkyl halides is 1. The van der Waals surface area contributed by atoms with Gasteiger partial charge in [-0.1, -0.05) is 29.8 Å². The molecule has 0 radical (unpaired) electrons. The molecular formula is C19H31BrO5. The van der Waals surface area contributed by atoms with Gasteiger partial charge in [-0.25, -0.2) is 9.78 Å². The molecule has 6 heteroatoms. The minimum Gasteiger partial charge on any atom is -0.352 e. The lowest BCUT2D eigenvalue weighted by molar-refractivity contribution is -0.577. The average Bonchev–Trinajstić information content (AvgIpc) is 2.82. The summed E-state index contributed by atoms with van der Waals surface area (Å²) in [7, 11) is 0. The van der Waals surface area contributed by atoms with Gasteiger partial charge in [-0.15, -0.1) is 0 Å². The number of ether oxygens (including phenoxy) is 3. The molecule has 4 aliphatic heterocycles. The largest absolute Gasteiger partial charge is 0.352 e. The zero-order valence-corrected chi connectivity index (χ0v) is 17.1. The Kier molecular flexibility index (Phi) is 5.24. The minimum absolute atomic E-state index is 0.225. The highest BCUT2D eigenvalue weighted by Gasteiger charge is 2.69. The number of fused-ring (bicyclic) bond motifs is 2. The van der Waals surface area contributed by atoms with E-state index in [1.165, 1.54) is 6.42 Å². The summed E-state index contributed by atoms with van der Waals surface area (Å²) in [5, 5.41) is 1.01. The van der Waals surface area contributed by atoms with E-state index in [0.29, 0.717) is 17.8 Å².